The maximum absolute atomic E-state index is 12.1. The van der Waals surface area contributed by atoms with Crippen molar-refractivity contribution in [3.05, 3.63) is 47.2 Å². The van der Waals surface area contributed by atoms with E-state index in [0.29, 0.717) is 5.56 Å². The highest BCUT2D eigenvalue weighted by atomic mass is 79.9. The molecule has 0 bridgehead atoms. The molecule has 1 aromatic rings. The van der Waals surface area contributed by atoms with Crippen LogP contribution in [0.1, 0.15) is 12.5 Å². The second-order valence-corrected chi connectivity index (χ2v) is 5.84. The van der Waals surface area contributed by atoms with Crippen LogP contribution in [0.4, 0.5) is 0 Å². The zero-order chi connectivity index (χ0) is 17.7. The van der Waals surface area contributed by atoms with Gasteiger partial charge in [-0.15, -0.1) is 0 Å². The van der Waals surface area contributed by atoms with Gasteiger partial charge in [-0.05, 0) is 6.92 Å². The number of hydrogen-bond acceptors (Lipinski definition) is 6. The van der Waals surface area contributed by atoms with Crippen molar-refractivity contribution >= 4 is 45.2 Å². The quantitative estimate of drug-likeness (QED) is 0.545. The van der Waals surface area contributed by atoms with Gasteiger partial charge in [0.25, 0.3) is 0 Å². The molecule has 128 valence electrons. The van der Waals surface area contributed by atoms with E-state index in [4.69, 9.17) is 25.8 Å². The van der Waals surface area contributed by atoms with Crippen molar-refractivity contribution < 1.29 is 23.8 Å². The molecule has 1 aliphatic heterocycles. The minimum Gasteiger partial charge on any atom is -0.468 e. The predicted molar refractivity (Wildman–Crippen MR) is 91.9 cm³/mol. The van der Waals surface area contributed by atoms with E-state index < -0.39 is 22.5 Å². The van der Waals surface area contributed by atoms with Crippen LogP contribution in [-0.4, -0.2) is 36.2 Å². The Labute approximate surface area is 152 Å². The van der Waals surface area contributed by atoms with Crippen LogP contribution in [0.15, 0.2) is 46.6 Å². The number of nitrogens with zero attached hydrogens (tertiary/aromatic N) is 1. The van der Waals surface area contributed by atoms with Gasteiger partial charge in [-0.1, -0.05) is 57.9 Å². The zero-order valence-electron chi connectivity index (χ0n) is 13.0. The fraction of sp³-hybridized carbons (Fsp3) is 0.312. The summed E-state index contributed by atoms with van der Waals surface area (Å²) in [7, 11) is 1.25. The van der Waals surface area contributed by atoms with Gasteiger partial charge in [0.1, 0.15) is 0 Å². The van der Waals surface area contributed by atoms with E-state index in [9.17, 15) is 9.59 Å². The molecule has 6 nitrogen and oxygen atoms in total. The molecule has 1 aromatic carbocycles. The number of carbonyl (C=O) groups is 2. The van der Waals surface area contributed by atoms with Gasteiger partial charge < -0.3 is 14.2 Å². The number of benzene rings is 1. The molecule has 2 atom stereocenters. The highest BCUT2D eigenvalue weighted by Gasteiger charge is 2.52. The summed E-state index contributed by atoms with van der Waals surface area (Å²) in [6, 6.07) is 8.78. The van der Waals surface area contributed by atoms with Crippen molar-refractivity contribution in [2.24, 2.45) is 4.99 Å². The number of hydrogen-bond donors (Lipinski definition) is 0. The van der Waals surface area contributed by atoms with Gasteiger partial charge in [0, 0.05) is 11.1 Å². The highest BCUT2D eigenvalue weighted by molar-refractivity contribution is 9.10. The van der Waals surface area contributed by atoms with Gasteiger partial charge in [-0.3, -0.25) is 4.79 Å². The minimum absolute atomic E-state index is 0.0207. The Hall–Kier alpha value is -1.86. The Morgan fingerprint density at radius 3 is 2.62 bits per heavy atom. The molecular weight excluding hydrogens is 402 g/mol. The third-order valence-corrected chi connectivity index (χ3v) is 4.48. The monoisotopic (exact) mass is 415 g/mol. The van der Waals surface area contributed by atoms with Crippen LogP contribution in [-0.2, 0) is 29.5 Å². The normalized spacial score (nSPS) is 22.5. The topological polar surface area (TPSA) is 74.2 Å². The number of esters is 2. The molecule has 0 N–H and O–H groups in total. The fourth-order valence-electron chi connectivity index (χ4n) is 2.20. The molecule has 24 heavy (non-hydrogen) atoms. The highest BCUT2D eigenvalue weighted by Crippen LogP contribution is 2.43. The summed E-state index contributed by atoms with van der Waals surface area (Å²) in [6.45, 7) is 1.84. The summed E-state index contributed by atoms with van der Waals surface area (Å²) >= 11 is 9.04. The Morgan fingerprint density at radius 2 is 2.08 bits per heavy atom. The van der Waals surface area contributed by atoms with Crippen LogP contribution in [0, 0.1) is 0 Å². The number of rotatable bonds is 5. The lowest BCUT2D eigenvalue weighted by Crippen LogP contribution is -2.40. The number of methoxy groups -OCH3 is 1. The number of carbonyl (C=O) groups excluding carboxylic acids is 2. The van der Waals surface area contributed by atoms with Gasteiger partial charge in [-0.25, -0.2) is 9.79 Å². The number of alkyl halides is 1. The average molecular weight is 417 g/mol. The second kappa shape index (κ2) is 7.81. The van der Waals surface area contributed by atoms with E-state index in [1.54, 1.807) is 31.2 Å². The van der Waals surface area contributed by atoms with Gasteiger partial charge in [0.2, 0.25) is 5.72 Å². The van der Waals surface area contributed by atoms with Crippen LogP contribution in [0.2, 0.25) is 0 Å². The van der Waals surface area contributed by atoms with Gasteiger partial charge in [0.15, 0.2) is 16.3 Å². The first kappa shape index (κ1) is 18.5. The lowest BCUT2D eigenvalue weighted by atomic mass is 10.00. The third-order valence-electron chi connectivity index (χ3n) is 3.28. The molecule has 8 heteroatoms. The smallest absolute Gasteiger partial charge is 0.360 e. The van der Waals surface area contributed by atoms with Crippen LogP contribution < -0.4 is 0 Å². The van der Waals surface area contributed by atoms with Gasteiger partial charge >= 0.3 is 11.9 Å². The largest absolute Gasteiger partial charge is 0.468 e. The molecule has 0 aliphatic carbocycles. The summed E-state index contributed by atoms with van der Waals surface area (Å²) in [5.41, 5.74) is 0.00544. The van der Waals surface area contributed by atoms with Crippen molar-refractivity contribution in [3.63, 3.8) is 0 Å². The first-order chi connectivity index (χ1) is 11.5. The maximum atomic E-state index is 12.1. The van der Waals surface area contributed by atoms with E-state index >= 15 is 0 Å². The van der Waals surface area contributed by atoms with Crippen molar-refractivity contribution in [1.82, 2.24) is 0 Å². The Kier molecular flexibility index (Phi) is 6.01. The first-order valence-electron chi connectivity index (χ1n) is 7.04. The SMILES string of the molecule is CCOC(=O)C1=NC(c2ccccc2)(C(Br)C(=O)OC)O/C1=C\Cl. The molecule has 0 spiro atoms. The van der Waals surface area contributed by atoms with E-state index in [0.717, 1.165) is 5.54 Å². The van der Waals surface area contributed by atoms with Crippen LogP contribution in [0.3, 0.4) is 0 Å². The van der Waals surface area contributed by atoms with E-state index in [1.165, 1.54) is 7.11 Å². The van der Waals surface area contributed by atoms with Crippen LogP contribution in [0.5, 0.6) is 0 Å². The van der Waals surface area contributed by atoms with E-state index in [-0.39, 0.29) is 18.1 Å². The standard InChI is InChI=1S/C16H15BrClNO5/c1-3-23-14(20)12-11(9-18)24-16(19-12,13(17)15(21)22-2)10-7-5-4-6-8-10/h4-9,13H,3H2,1-2H3/b11-9-. The molecule has 0 saturated carbocycles. The summed E-state index contributed by atoms with van der Waals surface area (Å²) < 4.78 is 15.6. The molecule has 2 unspecified atom stereocenters. The Morgan fingerprint density at radius 1 is 1.42 bits per heavy atom. The number of ether oxygens (including phenoxy) is 3. The number of halogens is 2. The third kappa shape index (κ3) is 3.32. The fourth-order valence-corrected chi connectivity index (χ4v) is 2.99. The maximum Gasteiger partial charge on any atom is 0.360 e. The molecular formula is C16H15BrClNO5. The van der Waals surface area contributed by atoms with Crippen LogP contribution >= 0.6 is 27.5 Å². The first-order valence-corrected chi connectivity index (χ1v) is 8.39. The summed E-state index contributed by atoms with van der Waals surface area (Å²) in [4.78, 5) is 27.6. The lowest BCUT2D eigenvalue weighted by Gasteiger charge is -2.29. The zero-order valence-corrected chi connectivity index (χ0v) is 15.3. The van der Waals surface area contributed by atoms with Crippen molar-refractivity contribution in [2.45, 2.75) is 17.5 Å². The molecule has 2 rings (SSSR count). The molecule has 0 saturated heterocycles. The minimum atomic E-state index is -1.53. The van der Waals surface area contributed by atoms with Crippen molar-refractivity contribution in [2.75, 3.05) is 13.7 Å². The van der Waals surface area contributed by atoms with Gasteiger partial charge in [-0.2, -0.15) is 0 Å². The lowest BCUT2D eigenvalue weighted by molar-refractivity contribution is -0.145. The average Bonchev–Trinajstić information content (AvgIpc) is 3.02. The molecule has 1 aliphatic rings. The molecule has 0 aromatic heterocycles. The van der Waals surface area contributed by atoms with Crippen LogP contribution in [0.25, 0.3) is 0 Å². The van der Waals surface area contributed by atoms with E-state index in [2.05, 4.69) is 20.9 Å². The molecule has 0 radical (unpaired) electrons. The van der Waals surface area contributed by atoms with Crippen molar-refractivity contribution in [1.29, 1.82) is 0 Å². The summed E-state index contributed by atoms with van der Waals surface area (Å²) in [6.07, 6.45) is 0. The van der Waals surface area contributed by atoms with Crippen molar-refractivity contribution in [3.8, 4) is 0 Å². The number of aliphatic imine (C=N–C) groups is 1. The molecule has 0 amide bonds. The Balaban J connectivity index is 2.60. The summed E-state index contributed by atoms with van der Waals surface area (Å²) in [5, 5.41) is 0. The predicted octanol–water partition coefficient (Wildman–Crippen LogP) is 2.89. The molecule has 0 fully saturated rings. The molecule has 1 heterocycles. The van der Waals surface area contributed by atoms with Gasteiger partial charge in [0.05, 0.1) is 13.7 Å². The van der Waals surface area contributed by atoms with E-state index in [1.807, 2.05) is 6.07 Å². The Bertz CT molecular complexity index is 691. The second-order valence-electron chi connectivity index (χ2n) is 4.70. The summed E-state index contributed by atoms with van der Waals surface area (Å²) in [5.74, 6) is -1.28.